The monoisotopic (exact) mass is 1210 g/mol. The summed E-state index contributed by atoms with van der Waals surface area (Å²) < 4.78 is 185. The molecule has 0 aromatic heterocycles. The molecule has 83 heavy (non-hydrogen) atoms. The zero-order valence-corrected chi connectivity index (χ0v) is 50.8. The average molecular weight is 1210 g/mol. The van der Waals surface area contributed by atoms with Crippen LogP contribution in [0.3, 0.4) is 0 Å². The first-order chi connectivity index (χ1) is 40.4. The average Bonchev–Trinajstić information content (AvgIpc) is 3.69. The number of methoxy groups -OCH3 is 17. The predicted octanol–water partition coefficient (Wildman–Crippen LogP) is -1.94. The van der Waals surface area contributed by atoms with E-state index in [4.69, 9.17) is 137 Å². The van der Waals surface area contributed by atoms with Gasteiger partial charge in [0.2, 0.25) is 0 Å². The highest BCUT2D eigenvalue weighted by atomic mass is 16.8. The molecule has 30 nitrogen and oxygen atoms in total. The van der Waals surface area contributed by atoms with Gasteiger partial charge >= 0.3 is 0 Å². The predicted molar refractivity (Wildman–Crippen MR) is 277 cm³/mol. The van der Waals surface area contributed by atoms with E-state index in [1.54, 1.807) is 0 Å². The molecule has 30 heteroatoms. The van der Waals surface area contributed by atoms with Crippen LogP contribution in [-0.4, -0.2) is 350 Å². The second-order valence-corrected chi connectivity index (χ2v) is 20.7. The van der Waals surface area contributed by atoms with Gasteiger partial charge in [0.05, 0.1) is 39.6 Å². The number of aliphatic hydroxyl groups is 1. The van der Waals surface area contributed by atoms with Crippen molar-refractivity contribution in [1.29, 1.82) is 0 Å². The van der Waals surface area contributed by atoms with Gasteiger partial charge < -0.3 is 142 Å². The lowest BCUT2D eigenvalue weighted by atomic mass is 9.94. The standard InChI is InChI=1S/C53H94O30/c1-55-19-25-31-37(61-7)44(68-14)50(74-25)81-33-27(21-57-3)76-52(46(70-16)39(33)63-9)83-35-29(23-59-5)77-53(47(71-17)41(35)65-11)82-34-28(22-58-4)75-51(45(69-15)40(34)64-10)80-32-26(20-56-2)73-49(43(67-13)38(32)62-8)78-30-24(18-54)72-48(79-31)42(66-12)36(30)60-6/h24-54H,18-23H2,1-17H3/t24-,25-,26-,27-,28-,29-,30-,31-,32-,33-,34-,35-,36+,37+,38+,39+,40+,41+,42-,43-,44-,45-,46-,47-,48-,49-,50-,51-,52-,53-/m1/s1. The van der Waals surface area contributed by atoms with E-state index in [9.17, 15) is 5.11 Å². The normalized spacial score (nSPS) is 46.5. The molecule has 22 aliphatic heterocycles. The Kier molecular flexibility index (Phi) is 28.0. The number of ether oxygens (including phenoxy) is 29. The molecule has 22 fully saturated rings. The fourth-order valence-corrected chi connectivity index (χ4v) is 12.6. The molecule has 1 N–H and O–H groups in total. The third-order valence-electron chi connectivity index (χ3n) is 16.4. The van der Waals surface area contributed by atoms with Crippen LogP contribution >= 0.6 is 0 Å². The van der Waals surface area contributed by atoms with Crippen molar-refractivity contribution in [3.8, 4) is 0 Å². The highest BCUT2D eigenvalue weighted by Gasteiger charge is 2.61. The summed E-state index contributed by atoms with van der Waals surface area (Å²) in [5.41, 5.74) is 0. The van der Waals surface area contributed by atoms with Crippen molar-refractivity contribution in [3.05, 3.63) is 0 Å². The summed E-state index contributed by atoms with van der Waals surface area (Å²) in [6.45, 7) is -0.695. The second-order valence-electron chi connectivity index (χ2n) is 20.7. The molecule has 22 rings (SSSR count). The molecule has 12 bridgehead atoms. The summed E-state index contributed by atoms with van der Waals surface area (Å²) in [4.78, 5) is 0. The minimum atomic E-state index is -1.26. The number of rotatable bonds is 23. The maximum Gasteiger partial charge on any atom is 0.187 e. The molecule has 0 aromatic carbocycles. The Morgan fingerprint density at radius 1 is 0.205 bits per heavy atom. The topological polar surface area (TPSA) is 288 Å². The van der Waals surface area contributed by atoms with E-state index in [-0.39, 0.29) is 33.0 Å². The number of hydrogen-bond donors (Lipinski definition) is 1. The van der Waals surface area contributed by atoms with Gasteiger partial charge in [0.15, 0.2) is 37.7 Å². The van der Waals surface area contributed by atoms with Crippen molar-refractivity contribution < 1.29 is 142 Å². The van der Waals surface area contributed by atoms with E-state index in [2.05, 4.69) is 0 Å². The molecule has 22 aliphatic rings. The maximum absolute atomic E-state index is 11.2. The Labute approximate surface area is 486 Å². The van der Waals surface area contributed by atoms with Crippen molar-refractivity contribution in [2.24, 2.45) is 0 Å². The zero-order valence-electron chi connectivity index (χ0n) is 50.8. The van der Waals surface area contributed by atoms with Crippen LogP contribution in [0.25, 0.3) is 0 Å². The van der Waals surface area contributed by atoms with Crippen molar-refractivity contribution in [1.82, 2.24) is 0 Å². The SMILES string of the molecule is COC[C@H]1O[C@@H]2O[C@H]3[C@H](OC)[C@@H](OC)[C@@H](O[C@H]4[C@H](OC)[C@@H](OC)[C@@H](O[C@H]5[C@H](OC)[C@@H](OC)[C@@H](O[C@H]6[C@H](OC)[C@@H](OC)[C@@H](O[C@H]7[C@H](OC)[C@@H](OC)[C@@H](O[C@H]1[C@H](OC)[C@H]2OC)O[C@@H]7CO)O[C@@H]6COC)O[C@@H]5COC)O[C@@H]4COC)O[C@@H]3COC. The Hall–Kier alpha value is -1.20. The minimum Gasteiger partial charge on any atom is -0.394 e. The van der Waals surface area contributed by atoms with Gasteiger partial charge in [0.25, 0.3) is 0 Å². The largest absolute Gasteiger partial charge is 0.394 e. The van der Waals surface area contributed by atoms with E-state index in [0.717, 1.165) is 0 Å². The molecular formula is C53H94O30. The van der Waals surface area contributed by atoms with Gasteiger partial charge in [-0.1, -0.05) is 0 Å². The molecule has 0 aromatic rings. The van der Waals surface area contributed by atoms with E-state index >= 15 is 0 Å². The van der Waals surface area contributed by atoms with Crippen LogP contribution in [0.15, 0.2) is 0 Å². The first kappa shape index (κ1) is 69.3. The van der Waals surface area contributed by atoms with E-state index in [1.807, 2.05) is 0 Å². The van der Waals surface area contributed by atoms with Crippen LogP contribution in [0.1, 0.15) is 0 Å². The van der Waals surface area contributed by atoms with Gasteiger partial charge in [-0.15, -0.1) is 0 Å². The summed E-state index contributed by atoms with van der Waals surface area (Å²) in [6, 6.07) is 0. The molecular weight excluding hydrogens is 1120 g/mol. The highest BCUT2D eigenvalue weighted by molar-refractivity contribution is 5.03. The second kappa shape index (κ2) is 33.6. The van der Waals surface area contributed by atoms with Crippen molar-refractivity contribution in [2.45, 2.75) is 184 Å². The molecule has 0 amide bonds. The van der Waals surface area contributed by atoms with Gasteiger partial charge in [0, 0.05) is 121 Å². The van der Waals surface area contributed by atoms with E-state index in [0.29, 0.717) is 0 Å². The third-order valence-corrected chi connectivity index (χ3v) is 16.4. The Bertz CT molecular complexity index is 1810. The lowest BCUT2D eigenvalue weighted by molar-refractivity contribution is -0.409. The van der Waals surface area contributed by atoms with Crippen molar-refractivity contribution >= 4 is 0 Å². The molecule has 486 valence electrons. The molecule has 22 saturated heterocycles. The Morgan fingerprint density at radius 3 is 0.482 bits per heavy atom. The van der Waals surface area contributed by atoms with E-state index < -0.39 is 191 Å². The van der Waals surface area contributed by atoms with Gasteiger partial charge in [-0.2, -0.15) is 0 Å². The molecule has 0 radical (unpaired) electrons. The van der Waals surface area contributed by atoms with Crippen LogP contribution in [0.4, 0.5) is 0 Å². The number of hydrogen-bond acceptors (Lipinski definition) is 30. The van der Waals surface area contributed by atoms with Crippen LogP contribution in [-0.2, 0) is 137 Å². The van der Waals surface area contributed by atoms with Gasteiger partial charge in [0.1, 0.15) is 146 Å². The van der Waals surface area contributed by atoms with Crippen molar-refractivity contribution in [3.63, 3.8) is 0 Å². The molecule has 0 unspecified atom stereocenters. The lowest BCUT2D eigenvalue weighted by Crippen LogP contribution is -2.70. The third kappa shape index (κ3) is 14.9. The summed E-state index contributed by atoms with van der Waals surface area (Å²) in [6.07, 6.45) is -30.6. The molecule has 0 aliphatic carbocycles. The highest BCUT2D eigenvalue weighted by Crippen LogP contribution is 2.42. The minimum absolute atomic E-state index is 0.0136. The van der Waals surface area contributed by atoms with Crippen LogP contribution in [0, 0.1) is 0 Å². The molecule has 0 spiro atoms. The smallest absolute Gasteiger partial charge is 0.187 e. The maximum atomic E-state index is 11.2. The zero-order chi connectivity index (χ0) is 60.1. The van der Waals surface area contributed by atoms with E-state index in [1.165, 1.54) is 121 Å². The molecule has 22 heterocycles. The van der Waals surface area contributed by atoms with Gasteiger partial charge in [-0.3, -0.25) is 0 Å². The summed E-state index contributed by atoms with van der Waals surface area (Å²) in [5.74, 6) is 0. The quantitative estimate of drug-likeness (QED) is 0.117. The lowest BCUT2D eigenvalue weighted by Gasteiger charge is -2.53. The van der Waals surface area contributed by atoms with Crippen molar-refractivity contribution in [2.75, 3.05) is 161 Å². The van der Waals surface area contributed by atoms with Crippen LogP contribution in [0.2, 0.25) is 0 Å². The summed E-state index contributed by atoms with van der Waals surface area (Å²) in [5, 5.41) is 11.2. The molecule has 30 atom stereocenters. The van der Waals surface area contributed by atoms with Gasteiger partial charge in [-0.05, 0) is 0 Å². The fourth-order valence-electron chi connectivity index (χ4n) is 12.6. The summed E-state index contributed by atoms with van der Waals surface area (Å²) in [7, 11) is 25.5. The van der Waals surface area contributed by atoms with Gasteiger partial charge in [-0.25, -0.2) is 0 Å². The first-order valence-electron chi connectivity index (χ1n) is 27.6. The summed E-state index contributed by atoms with van der Waals surface area (Å²) >= 11 is 0. The first-order valence-corrected chi connectivity index (χ1v) is 27.6. The fraction of sp³-hybridized carbons (Fsp3) is 1.00. The number of aliphatic hydroxyl groups excluding tert-OH is 1. The molecule has 0 saturated carbocycles. The van der Waals surface area contributed by atoms with Crippen LogP contribution < -0.4 is 0 Å². The van der Waals surface area contributed by atoms with Crippen LogP contribution in [0.5, 0.6) is 0 Å². The Morgan fingerprint density at radius 2 is 0.349 bits per heavy atom. The Balaban J connectivity index is 1.34.